The van der Waals surface area contributed by atoms with Gasteiger partial charge in [0.15, 0.2) is 9.84 Å². The Hall–Kier alpha value is -1.11. The molecule has 88 valence electrons. The zero-order valence-electron chi connectivity index (χ0n) is 8.69. The minimum atomic E-state index is -3.41. The van der Waals surface area contributed by atoms with Gasteiger partial charge in [-0.1, -0.05) is 6.92 Å². The Labute approximate surface area is 88.6 Å². The van der Waals surface area contributed by atoms with Crippen LogP contribution in [-0.4, -0.2) is 42.9 Å². The number of amides is 1. The lowest BCUT2D eigenvalue weighted by atomic mass is 10.3. The first-order valence-corrected chi connectivity index (χ1v) is 6.33. The molecule has 0 radical (unpaired) electrons. The Morgan fingerprint density at radius 3 is 2.33 bits per heavy atom. The number of hydrogen-bond donors (Lipinski definition) is 2. The fourth-order valence-electron chi connectivity index (χ4n) is 0.928. The second-order valence-corrected chi connectivity index (χ2v) is 5.40. The van der Waals surface area contributed by atoms with Crippen LogP contribution in [0.25, 0.3) is 0 Å². The summed E-state index contributed by atoms with van der Waals surface area (Å²) in [6, 6.07) is -1.07. The third kappa shape index (κ3) is 6.05. The van der Waals surface area contributed by atoms with E-state index in [0.717, 1.165) is 0 Å². The largest absolute Gasteiger partial charge is 0.480 e. The summed E-state index contributed by atoms with van der Waals surface area (Å²) < 4.78 is 22.4. The molecule has 0 saturated heterocycles. The van der Waals surface area contributed by atoms with E-state index in [-0.39, 0.29) is 5.75 Å². The monoisotopic (exact) mass is 237 g/mol. The van der Waals surface area contributed by atoms with Crippen molar-refractivity contribution < 1.29 is 23.1 Å². The van der Waals surface area contributed by atoms with Gasteiger partial charge in [0.1, 0.15) is 11.8 Å². The highest BCUT2D eigenvalue weighted by atomic mass is 32.2. The fourth-order valence-corrected chi connectivity index (χ4v) is 2.18. The second-order valence-electron chi connectivity index (χ2n) is 3.22. The van der Waals surface area contributed by atoms with Crippen molar-refractivity contribution in [3.63, 3.8) is 0 Å². The van der Waals surface area contributed by atoms with Crippen LogP contribution in [0.5, 0.6) is 0 Å². The predicted molar refractivity (Wildman–Crippen MR) is 54.2 cm³/mol. The van der Waals surface area contributed by atoms with Crippen LogP contribution >= 0.6 is 0 Å². The Kier molecular flexibility index (Phi) is 5.27. The smallest absolute Gasteiger partial charge is 0.325 e. The molecule has 1 amide bonds. The third-order valence-electron chi connectivity index (χ3n) is 1.61. The van der Waals surface area contributed by atoms with Crippen molar-refractivity contribution in [2.75, 3.05) is 11.5 Å². The molecule has 0 aliphatic carbocycles. The summed E-state index contributed by atoms with van der Waals surface area (Å²) in [6.07, 6.45) is 0.435. The van der Waals surface area contributed by atoms with Gasteiger partial charge >= 0.3 is 5.97 Å². The highest BCUT2D eigenvalue weighted by Gasteiger charge is 2.19. The molecule has 0 saturated carbocycles. The molecule has 0 aromatic heterocycles. The van der Waals surface area contributed by atoms with Crippen LogP contribution in [0.2, 0.25) is 0 Å². The Balaban J connectivity index is 4.21. The van der Waals surface area contributed by atoms with Gasteiger partial charge in [-0.2, -0.15) is 0 Å². The van der Waals surface area contributed by atoms with Crippen molar-refractivity contribution in [1.29, 1.82) is 0 Å². The average Bonchev–Trinajstić information content (AvgIpc) is 2.01. The van der Waals surface area contributed by atoms with E-state index < -0.39 is 33.5 Å². The number of carboxylic acid groups (broad SMARTS) is 1. The molecule has 0 aromatic carbocycles. The highest BCUT2D eigenvalue weighted by molar-refractivity contribution is 7.92. The number of hydrogen-bond acceptors (Lipinski definition) is 4. The van der Waals surface area contributed by atoms with Crippen molar-refractivity contribution in [2.45, 2.75) is 26.3 Å². The van der Waals surface area contributed by atoms with E-state index in [1.54, 1.807) is 6.92 Å². The number of carbonyl (C=O) groups is 2. The normalized spacial score (nSPS) is 13.2. The number of nitrogens with one attached hydrogen (secondary N) is 1. The number of sulfone groups is 1. The summed E-state index contributed by atoms with van der Waals surface area (Å²) in [6.45, 7) is 2.96. The Bertz CT molecular complexity index is 335. The summed E-state index contributed by atoms with van der Waals surface area (Å²) in [5.41, 5.74) is 0. The van der Waals surface area contributed by atoms with Gasteiger partial charge in [-0.05, 0) is 13.3 Å². The lowest BCUT2D eigenvalue weighted by Gasteiger charge is -2.08. The maximum Gasteiger partial charge on any atom is 0.325 e. The third-order valence-corrected chi connectivity index (χ3v) is 3.35. The van der Waals surface area contributed by atoms with E-state index in [4.69, 9.17) is 5.11 Å². The first-order valence-electron chi connectivity index (χ1n) is 4.51. The number of rotatable bonds is 6. The summed E-state index contributed by atoms with van der Waals surface area (Å²) in [4.78, 5) is 21.5. The highest BCUT2D eigenvalue weighted by Crippen LogP contribution is 1.94. The predicted octanol–water partition coefficient (Wildman–Crippen LogP) is -0.599. The fraction of sp³-hybridized carbons (Fsp3) is 0.750. The molecule has 0 aromatic rings. The minimum Gasteiger partial charge on any atom is -0.480 e. The summed E-state index contributed by atoms with van der Waals surface area (Å²) >= 11 is 0. The molecule has 0 aliphatic rings. The average molecular weight is 237 g/mol. The molecule has 0 heterocycles. The van der Waals surface area contributed by atoms with Gasteiger partial charge in [0, 0.05) is 0 Å². The molecule has 0 aliphatic heterocycles. The van der Waals surface area contributed by atoms with E-state index >= 15 is 0 Å². The summed E-state index contributed by atoms with van der Waals surface area (Å²) in [7, 11) is -3.41. The number of carbonyl (C=O) groups excluding carboxylic acids is 1. The van der Waals surface area contributed by atoms with Crippen LogP contribution in [0.4, 0.5) is 0 Å². The van der Waals surface area contributed by atoms with Crippen molar-refractivity contribution in [3.05, 3.63) is 0 Å². The minimum absolute atomic E-state index is 0.0676. The SMILES string of the molecule is CCCS(=O)(=O)CC(=O)N[C@H](C)C(=O)O. The van der Waals surface area contributed by atoms with Crippen molar-refractivity contribution in [3.8, 4) is 0 Å². The molecular formula is C8H15NO5S. The molecule has 0 unspecified atom stereocenters. The molecule has 15 heavy (non-hydrogen) atoms. The lowest BCUT2D eigenvalue weighted by molar-refractivity contribution is -0.140. The zero-order valence-corrected chi connectivity index (χ0v) is 9.50. The second kappa shape index (κ2) is 5.69. The van der Waals surface area contributed by atoms with E-state index in [0.29, 0.717) is 6.42 Å². The van der Waals surface area contributed by atoms with Crippen LogP contribution in [-0.2, 0) is 19.4 Å². The molecular weight excluding hydrogens is 222 g/mol. The molecule has 6 nitrogen and oxygen atoms in total. The van der Waals surface area contributed by atoms with Crippen molar-refractivity contribution in [2.24, 2.45) is 0 Å². The quantitative estimate of drug-likeness (QED) is 0.642. The van der Waals surface area contributed by atoms with E-state index in [1.165, 1.54) is 6.92 Å². The zero-order chi connectivity index (χ0) is 12.1. The van der Waals surface area contributed by atoms with Crippen LogP contribution in [0.15, 0.2) is 0 Å². The van der Waals surface area contributed by atoms with Gasteiger partial charge in [0.05, 0.1) is 5.75 Å². The van der Waals surface area contributed by atoms with E-state index in [1.807, 2.05) is 0 Å². The van der Waals surface area contributed by atoms with Crippen LogP contribution in [0.3, 0.4) is 0 Å². The van der Waals surface area contributed by atoms with Crippen molar-refractivity contribution in [1.82, 2.24) is 5.32 Å². The molecule has 0 rings (SSSR count). The standard InChI is InChI=1S/C8H15NO5S/c1-3-4-15(13,14)5-7(10)9-6(2)8(11)12/h6H,3-5H2,1-2H3,(H,9,10)(H,11,12)/t6-/m1/s1. The molecule has 0 bridgehead atoms. The molecule has 1 atom stereocenters. The van der Waals surface area contributed by atoms with Crippen LogP contribution in [0.1, 0.15) is 20.3 Å². The van der Waals surface area contributed by atoms with Gasteiger partial charge in [0.2, 0.25) is 5.91 Å². The van der Waals surface area contributed by atoms with Crippen LogP contribution < -0.4 is 5.32 Å². The van der Waals surface area contributed by atoms with Gasteiger partial charge in [-0.25, -0.2) is 8.42 Å². The topological polar surface area (TPSA) is 101 Å². The molecule has 0 fully saturated rings. The number of aliphatic carboxylic acids is 1. The summed E-state index contributed by atoms with van der Waals surface area (Å²) in [5, 5.41) is 10.5. The van der Waals surface area contributed by atoms with E-state index in [9.17, 15) is 18.0 Å². The van der Waals surface area contributed by atoms with Gasteiger partial charge in [-0.3, -0.25) is 9.59 Å². The van der Waals surface area contributed by atoms with Crippen LogP contribution in [0, 0.1) is 0 Å². The Morgan fingerprint density at radius 1 is 1.40 bits per heavy atom. The van der Waals surface area contributed by atoms with E-state index in [2.05, 4.69) is 5.32 Å². The van der Waals surface area contributed by atoms with Gasteiger partial charge < -0.3 is 10.4 Å². The molecule has 0 spiro atoms. The van der Waals surface area contributed by atoms with Gasteiger partial charge in [0.25, 0.3) is 0 Å². The molecule has 2 N–H and O–H groups in total. The first kappa shape index (κ1) is 13.9. The Morgan fingerprint density at radius 2 is 1.93 bits per heavy atom. The summed E-state index contributed by atoms with van der Waals surface area (Å²) in [5.74, 6) is -2.70. The lowest BCUT2D eigenvalue weighted by Crippen LogP contribution is -2.41. The maximum atomic E-state index is 11.2. The number of carboxylic acids is 1. The van der Waals surface area contributed by atoms with Gasteiger partial charge in [-0.15, -0.1) is 0 Å². The molecule has 7 heteroatoms. The maximum absolute atomic E-state index is 11.2. The first-order chi connectivity index (χ1) is 6.78. The van der Waals surface area contributed by atoms with Crippen molar-refractivity contribution >= 4 is 21.7 Å².